The zero-order chi connectivity index (χ0) is 21.5. The quantitative estimate of drug-likeness (QED) is 0.496. The van der Waals surface area contributed by atoms with E-state index in [1.165, 1.54) is 21.8 Å². The minimum Gasteiger partial charge on any atom is -0.391 e. The first-order chi connectivity index (χ1) is 12.9. The number of anilines is 2. The first-order valence-corrected chi connectivity index (χ1v) is 10.3. The Hall–Kier alpha value is -1.93. The fraction of sp³-hybridized carbons (Fsp3) is 0.474. The monoisotopic (exact) mass is 432 g/mol. The van der Waals surface area contributed by atoms with Crippen molar-refractivity contribution in [3.8, 4) is 0 Å². The van der Waals surface area contributed by atoms with Crippen LogP contribution in [-0.2, 0) is 10.8 Å². The lowest BCUT2D eigenvalue weighted by atomic mass is 9.89. The van der Waals surface area contributed by atoms with Crippen LogP contribution in [0.4, 0.5) is 19.6 Å². The van der Waals surface area contributed by atoms with Gasteiger partial charge in [-0.05, 0) is 40.0 Å². The van der Waals surface area contributed by atoms with Crippen molar-refractivity contribution in [3.63, 3.8) is 0 Å². The summed E-state index contributed by atoms with van der Waals surface area (Å²) in [5, 5.41) is 12.9. The van der Waals surface area contributed by atoms with Gasteiger partial charge in [-0.25, -0.2) is 9.59 Å². The SMILES string of the molecule is C.[B]NC(=O)Nc1cc(C(C)(C)C)cs1.[B]NC(=O)Nc1ccc(C(C)(C)C)s1. The molecule has 4 radical (unpaired) electrons. The summed E-state index contributed by atoms with van der Waals surface area (Å²) in [6, 6.07) is 5.05. The number of hydrogen-bond donors (Lipinski definition) is 4. The van der Waals surface area contributed by atoms with Gasteiger partial charge in [-0.15, -0.1) is 22.7 Å². The van der Waals surface area contributed by atoms with E-state index in [0.717, 1.165) is 10.0 Å². The summed E-state index contributed by atoms with van der Waals surface area (Å²) < 4.78 is 0. The van der Waals surface area contributed by atoms with Crippen LogP contribution in [0.15, 0.2) is 23.6 Å². The highest BCUT2D eigenvalue weighted by Crippen LogP contribution is 2.32. The fourth-order valence-electron chi connectivity index (χ4n) is 1.90. The standard InChI is InChI=1S/2C9H13BN2OS.CH4/c1-9(2,3)6-4-7(14-5-6)11-8(13)12-10;1-9(2,3)6-4-5-7(14-6)11-8(13)12-10;/h2*4-5H,1-3H3,(H2,11,12,13);1H4. The molecule has 0 unspecified atom stereocenters. The van der Waals surface area contributed by atoms with Gasteiger partial charge in [-0.2, -0.15) is 0 Å². The molecule has 0 spiro atoms. The summed E-state index contributed by atoms with van der Waals surface area (Å²) in [5.74, 6) is 0. The maximum absolute atomic E-state index is 10.9. The molecular formula is C19H30B2N4O2S2. The van der Waals surface area contributed by atoms with Gasteiger partial charge in [0.1, 0.15) is 0 Å². The van der Waals surface area contributed by atoms with E-state index >= 15 is 0 Å². The van der Waals surface area contributed by atoms with Crippen molar-refractivity contribution in [2.75, 3.05) is 10.6 Å². The largest absolute Gasteiger partial charge is 0.391 e. The molecule has 29 heavy (non-hydrogen) atoms. The van der Waals surface area contributed by atoms with Gasteiger partial charge in [0.25, 0.3) is 0 Å². The first kappa shape index (κ1) is 27.1. The van der Waals surface area contributed by atoms with Crippen molar-refractivity contribution in [1.29, 1.82) is 0 Å². The second-order valence-corrected chi connectivity index (χ2v) is 10.1. The van der Waals surface area contributed by atoms with E-state index in [2.05, 4.69) is 52.2 Å². The Balaban J connectivity index is 0.000000523. The van der Waals surface area contributed by atoms with E-state index in [1.807, 2.05) is 34.0 Å². The molecule has 0 atom stereocenters. The van der Waals surface area contributed by atoms with Gasteiger partial charge in [-0.3, -0.25) is 0 Å². The smallest absolute Gasteiger partial charge is 0.306 e. The Morgan fingerprint density at radius 3 is 1.76 bits per heavy atom. The second kappa shape index (κ2) is 11.3. The molecule has 4 amide bonds. The van der Waals surface area contributed by atoms with Crippen LogP contribution < -0.4 is 21.1 Å². The average Bonchev–Trinajstić information content (AvgIpc) is 3.24. The van der Waals surface area contributed by atoms with Crippen molar-refractivity contribution >= 4 is 60.7 Å². The Kier molecular flexibility index (Phi) is 10.6. The first-order valence-electron chi connectivity index (χ1n) is 8.61. The molecule has 0 aliphatic heterocycles. The molecule has 2 aromatic heterocycles. The Morgan fingerprint density at radius 2 is 1.38 bits per heavy atom. The van der Waals surface area contributed by atoms with Crippen LogP contribution in [0.5, 0.6) is 0 Å². The number of carbonyl (C=O) groups is 2. The zero-order valence-corrected chi connectivity index (χ0v) is 18.7. The third-order valence-electron chi connectivity index (χ3n) is 3.55. The lowest BCUT2D eigenvalue weighted by Crippen LogP contribution is -2.25. The number of rotatable bonds is 2. The molecule has 0 bridgehead atoms. The molecule has 0 fully saturated rings. The number of thiophene rings is 2. The summed E-state index contributed by atoms with van der Waals surface area (Å²) in [5.41, 5.74) is 1.43. The van der Waals surface area contributed by atoms with Gasteiger partial charge in [0, 0.05) is 4.88 Å². The van der Waals surface area contributed by atoms with Crippen LogP contribution in [0.1, 0.15) is 59.4 Å². The van der Waals surface area contributed by atoms with Crippen LogP contribution in [0.25, 0.3) is 0 Å². The van der Waals surface area contributed by atoms with Gasteiger partial charge in [0.05, 0.1) is 10.0 Å². The normalized spacial score (nSPS) is 10.7. The summed E-state index contributed by atoms with van der Waals surface area (Å²) in [6.45, 7) is 12.8. The lowest BCUT2D eigenvalue weighted by molar-refractivity contribution is 0.256. The van der Waals surface area contributed by atoms with Crippen molar-refractivity contribution in [1.82, 2.24) is 10.5 Å². The highest BCUT2D eigenvalue weighted by Gasteiger charge is 2.17. The molecule has 10 heteroatoms. The summed E-state index contributed by atoms with van der Waals surface area (Å²) in [7, 11) is 9.91. The molecule has 2 heterocycles. The van der Waals surface area contributed by atoms with Crippen molar-refractivity contribution in [2.24, 2.45) is 0 Å². The van der Waals surface area contributed by atoms with Crippen molar-refractivity contribution in [3.05, 3.63) is 34.0 Å². The third-order valence-corrected chi connectivity index (χ3v) is 5.82. The molecule has 0 aliphatic carbocycles. The molecule has 4 N–H and O–H groups in total. The van der Waals surface area contributed by atoms with Gasteiger partial charge in [-0.1, -0.05) is 49.0 Å². The molecule has 0 aliphatic rings. The minimum atomic E-state index is -0.396. The predicted molar refractivity (Wildman–Crippen MR) is 129 cm³/mol. The van der Waals surface area contributed by atoms with Crippen LogP contribution in [0.2, 0.25) is 0 Å². The Labute approximate surface area is 185 Å². The highest BCUT2D eigenvalue weighted by molar-refractivity contribution is 7.16. The molecule has 6 nitrogen and oxygen atoms in total. The van der Waals surface area contributed by atoms with E-state index in [1.54, 1.807) is 11.3 Å². The van der Waals surface area contributed by atoms with Crippen LogP contribution in [0.3, 0.4) is 0 Å². The van der Waals surface area contributed by atoms with E-state index in [9.17, 15) is 9.59 Å². The van der Waals surface area contributed by atoms with Crippen LogP contribution in [-0.4, -0.2) is 28.0 Å². The van der Waals surface area contributed by atoms with Crippen molar-refractivity contribution in [2.45, 2.75) is 59.8 Å². The summed E-state index contributed by atoms with van der Waals surface area (Å²) in [4.78, 5) is 23.0. The van der Waals surface area contributed by atoms with Crippen LogP contribution in [0, 0.1) is 0 Å². The lowest BCUT2D eigenvalue weighted by Gasteiger charge is -2.15. The molecule has 156 valence electrons. The molecule has 0 aromatic carbocycles. The molecular weight excluding hydrogens is 402 g/mol. The second-order valence-electron chi connectivity index (χ2n) is 8.06. The topological polar surface area (TPSA) is 82.3 Å². The molecule has 0 saturated heterocycles. The number of urea groups is 2. The van der Waals surface area contributed by atoms with Gasteiger partial charge in [0.15, 0.2) is 0 Å². The predicted octanol–water partition coefficient (Wildman–Crippen LogP) is 5.14. The number of carbonyl (C=O) groups excluding carboxylic acids is 2. The molecule has 2 rings (SSSR count). The van der Waals surface area contributed by atoms with Gasteiger partial charge < -0.3 is 21.1 Å². The summed E-state index contributed by atoms with van der Waals surface area (Å²) in [6.07, 6.45) is 0. The van der Waals surface area contributed by atoms with E-state index in [-0.39, 0.29) is 18.3 Å². The van der Waals surface area contributed by atoms with Gasteiger partial charge in [0.2, 0.25) is 16.0 Å². The number of nitrogens with one attached hydrogen (secondary N) is 4. The van der Waals surface area contributed by atoms with Crippen molar-refractivity contribution < 1.29 is 9.59 Å². The van der Waals surface area contributed by atoms with E-state index in [4.69, 9.17) is 16.0 Å². The maximum Gasteiger partial charge on any atom is 0.306 e. The molecule has 0 saturated carbocycles. The Bertz CT molecular complexity index is 726. The summed E-state index contributed by atoms with van der Waals surface area (Å²) >= 11 is 3.05. The number of amides is 4. The fourth-order valence-corrected chi connectivity index (χ4v) is 3.88. The van der Waals surface area contributed by atoms with Gasteiger partial charge >= 0.3 is 12.1 Å². The highest BCUT2D eigenvalue weighted by atomic mass is 32.1. The molecule has 2 aromatic rings. The van der Waals surface area contributed by atoms with Crippen LogP contribution >= 0.6 is 22.7 Å². The van der Waals surface area contributed by atoms with E-state index in [0.29, 0.717) is 0 Å². The van der Waals surface area contributed by atoms with E-state index < -0.39 is 12.1 Å². The maximum atomic E-state index is 10.9. The minimum absolute atomic E-state index is 0. The number of hydrogen-bond acceptors (Lipinski definition) is 4. The third kappa shape index (κ3) is 9.41. The zero-order valence-electron chi connectivity index (χ0n) is 17.1. The average molecular weight is 432 g/mol. The Morgan fingerprint density at radius 1 is 0.862 bits per heavy atom.